The van der Waals surface area contributed by atoms with Gasteiger partial charge in [0, 0.05) is 49.2 Å². The lowest BCUT2D eigenvalue weighted by molar-refractivity contribution is -0.114. The molecule has 1 atom stereocenters. The van der Waals surface area contributed by atoms with Crippen molar-refractivity contribution < 1.29 is 22.6 Å². The highest BCUT2D eigenvalue weighted by Crippen LogP contribution is 2.43. The third kappa shape index (κ3) is 4.40. The number of nitrogens with one attached hydrogen (secondary N) is 1. The van der Waals surface area contributed by atoms with E-state index in [1.165, 1.54) is 0 Å². The van der Waals surface area contributed by atoms with Crippen LogP contribution in [0.5, 0.6) is 11.5 Å². The van der Waals surface area contributed by atoms with Gasteiger partial charge in [0.25, 0.3) is 0 Å². The summed E-state index contributed by atoms with van der Waals surface area (Å²) < 4.78 is 55.4. The van der Waals surface area contributed by atoms with Gasteiger partial charge < -0.3 is 14.5 Å². The van der Waals surface area contributed by atoms with Gasteiger partial charge in [0.1, 0.15) is 17.1 Å². The maximum absolute atomic E-state index is 15.3. The highest BCUT2D eigenvalue weighted by molar-refractivity contribution is 5.84. The summed E-state index contributed by atoms with van der Waals surface area (Å²) >= 11 is 0. The molecule has 2 fully saturated rings. The van der Waals surface area contributed by atoms with Crippen molar-refractivity contribution in [3.8, 4) is 22.8 Å². The smallest absolute Gasteiger partial charge is 0.248 e. The van der Waals surface area contributed by atoms with Crippen molar-refractivity contribution >= 4 is 22.1 Å². The highest BCUT2D eigenvalue weighted by atomic mass is 19.3. The normalized spacial score (nSPS) is 19.1. The monoisotopic (exact) mass is 534 g/mol. The second-order valence-electron chi connectivity index (χ2n) is 10.4. The van der Waals surface area contributed by atoms with Crippen LogP contribution in [0.3, 0.4) is 0 Å². The van der Waals surface area contributed by atoms with E-state index in [0.29, 0.717) is 53.6 Å². The molecule has 11 heteroatoms. The molecule has 8 nitrogen and oxygen atoms in total. The number of imidazole rings is 1. The van der Waals surface area contributed by atoms with Gasteiger partial charge in [0.05, 0.1) is 41.2 Å². The Labute approximate surface area is 221 Å². The van der Waals surface area contributed by atoms with Crippen LogP contribution >= 0.6 is 0 Å². The van der Waals surface area contributed by atoms with E-state index in [2.05, 4.69) is 20.1 Å². The predicted octanol–water partition coefficient (Wildman–Crippen LogP) is 6.16. The van der Waals surface area contributed by atoms with Gasteiger partial charge in [-0.1, -0.05) is 0 Å². The van der Waals surface area contributed by atoms with Crippen LogP contribution in [0.4, 0.5) is 13.2 Å². The van der Waals surface area contributed by atoms with E-state index in [1.807, 2.05) is 6.20 Å². The summed E-state index contributed by atoms with van der Waals surface area (Å²) in [7, 11) is 0. The fourth-order valence-electron chi connectivity index (χ4n) is 5.58. The molecule has 1 saturated heterocycles. The van der Waals surface area contributed by atoms with Crippen molar-refractivity contribution in [2.75, 3.05) is 13.2 Å². The van der Waals surface area contributed by atoms with Gasteiger partial charge in [-0.25, -0.2) is 23.1 Å². The molecule has 200 valence electrons. The zero-order valence-electron chi connectivity index (χ0n) is 21.1. The van der Waals surface area contributed by atoms with Gasteiger partial charge in [0.2, 0.25) is 5.92 Å². The van der Waals surface area contributed by atoms with Crippen molar-refractivity contribution in [1.29, 1.82) is 0 Å². The van der Waals surface area contributed by atoms with E-state index in [4.69, 9.17) is 14.5 Å². The Morgan fingerprint density at radius 2 is 1.95 bits per heavy atom. The van der Waals surface area contributed by atoms with E-state index < -0.39 is 11.7 Å². The third-order valence-electron chi connectivity index (χ3n) is 7.50. The molecule has 39 heavy (non-hydrogen) atoms. The molecule has 0 radical (unpaired) electrons. The molecule has 2 aliphatic rings. The van der Waals surface area contributed by atoms with Crippen molar-refractivity contribution in [2.24, 2.45) is 5.92 Å². The zero-order valence-corrected chi connectivity index (χ0v) is 21.1. The van der Waals surface area contributed by atoms with Gasteiger partial charge in [-0.05, 0) is 43.5 Å². The first-order valence-corrected chi connectivity index (χ1v) is 12.9. The average molecular weight is 535 g/mol. The molecule has 1 N–H and O–H groups in total. The largest absolute Gasteiger partial charge is 0.454 e. The van der Waals surface area contributed by atoms with E-state index >= 15 is 4.39 Å². The quantitative estimate of drug-likeness (QED) is 0.281. The second kappa shape index (κ2) is 9.04. The summed E-state index contributed by atoms with van der Waals surface area (Å²) in [5.41, 5.74) is 4.29. The predicted molar refractivity (Wildman–Crippen MR) is 137 cm³/mol. The van der Waals surface area contributed by atoms with Gasteiger partial charge in [-0.15, -0.1) is 0 Å². The minimum Gasteiger partial charge on any atom is -0.454 e. The summed E-state index contributed by atoms with van der Waals surface area (Å²) in [5.74, 6) is -2.02. The molecule has 7 rings (SSSR count). The summed E-state index contributed by atoms with van der Waals surface area (Å²) in [4.78, 5) is 16.8. The molecule has 3 aromatic heterocycles. The number of fused-ring (bicyclic) bond motifs is 2. The molecule has 1 aliphatic carbocycles. The van der Waals surface area contributed by atoms with Crippen molar-refractivity contribution in [1.82, 2.24) is 29.7 Å². The first-order chi connectivity index (χ1) is 18.8. The topological polar surface area (TPSA) is 90.7 Å². The van der Waals surface area contributed by atoms with Crippen molar-refractivity contribution in [2.45, 2.75) is 44.6 Å². The number of halogens is 3. The number of aromatic nitrogens is 6. The van der Waals surface area contributed by atoms with Crippen LogP contribution in [-0.2, 0) is 11.3 Å². The van der Waals surface area contributed by atoms with Crippen molar-refractivity contribution in [3.63, 3.8) is 0 Å². The Kier molecular flexibility index (Phi) is 5.58. The molecular weight excluding hydrogens is 509 g/mol. The summed E-state index contributed by atoms with van der Waals surface area (Å²) in [6.07, 6.45) is 5.70. The standard InChI is InChI=1S/C28H25F3N6O2/c1-15-34-20-3-5-23(25(29)27(20)35-15)39-22-4-2-19-26(24(22)17-6-7-38-14-17)36-21(11-32-19)18-10-33-37(13-18)12-16-8-28(30,31)9-16/h2-5,10-11,13,16-17H,6-9,12,14H2,1H3,(H,34,35). The van der Waals surface area contributed by atoms with Crippen LogP contribution in [0.2, 0.25) is 0 Å². The number of ether oxygens (including phenoxy) is 2. The average Bonchev–Trinajstić information content (AvgIpc) is 3.65. The van der Waals surface area contributed by atoms with Crippen LogP contribution in [0.15, 0.2) is 42.9 Å². The summed E-state index contributed by atoms with van der Waals surface area (Å²) in [6.45, 7) is 3.30. The molecule has 5 aromatic rings. The first kappa shape index (κ1) is 24.1. The fraction of sp³-hybridized carbons (Fsp3) is 0.357. The Hall–Kier alpha value is -3.99. The Bertz CT molecular complexity index is 1700. The Balaban J connectivity index is 1.26. The SMILES string of the molecule is Cc1nc2c(F)c(Oc3ccc4ncc(-c5cnn(CC6CC(F)(F)C6)c5)nc4c3C3CCOC3)ccc2[nH]1. The van der Waals surface area contributed by atoms with E-state index in [-0.39, 0.29) is 35.9 Å². The number of H-pyrrole nitrogens is 1. The van der Waals surface area contributed by atoms with Crippen LogP contribution in [0, 0.1) is 18.7 Å². The molecule has 4 heterocycles. The van der Waals surface area contributed by atoms with E-state index in [9.17, 15) is 8.78 Å². The van der Waals surface area contributed by atoms with E-state index in [0.717, 1.165) is 17.5 Å². The molecule has 0 spiro atoms. The zero-order chi connectivity index (χ0) is 26.7. The number of aromatic amines is 1. The van der Waals surface area contributed by atoms with Gasteiger partial charge in [-0.3, -0.25) is 9.67 Å². The molecule has 0 amide bonds. The second-order valence-corrected chi connectivity index (χ2v) is 10.4. The molecular formula is C28H25F3N6O2. The Morgan fingerprint density at radius 3 is 2.74 bits per heavy atom. The third-order valence-corrected chi connectivity index (χ3v) is 7.50. The maximum Gasteiger partial charge on any atom is 0.248 e. The van der Waals surface area contributed by atoms with E-state index in [1.54, 1.807) is 48.3 Å². The van der Waals surface area contributed by atoms with Crippen LogP contribution in [0.1, 0.15) is 36.6 Å². The minimum atomic E-state index is -2.56. The summed E-state index contributed by atoms with van der Waals surface area (Å²) in [6, 6.07) is 6.92. The van der Waals surface area contributed by atoms with Gasteiger partial charge in [-0.2, -0.15) is 5.10 Å². The molecule has 1 unspecified atom stereocenters. The van der Waals surface area contributed by atoms with Crippen LogP contribution in [0.25, 0.3) is 33.3 Å². The number of nitrogens with zero attached hydrogens (tertiary/aromatic N) is 5. The maximum atomic E-state index is 15.3. The lowest BCUT2D eigenvalue weighted by Crippen LogP contribution is -2.37. The van der Waals surface area contributed by atoms with Crippen molar-refractivity contribution in [3.05, 3.63) is 60.1 Å². The number of aryl methyl sites for hydroxylation is 1. The molecule has 1 aliphatic heterocycles. The van der Waals surface area contributed by atoms with Crippen LogP contribution < -0.4 is 4.74 Å². The Morgan fingerprint density at radius 1 is 1.10 bits per heavy atom. The number of rotatable bonds is 6. The summed E-state index contributed by atoms with van der Waals surface area (Å²) in [5, 5.41) is 4.36. The number of benzene rings is 2. The number of alkyl halides is 2. The molecule has 1 saturated carbocycles. The van der Waals surface area contributed by atoms with Gasteiger partial charge in [0.15, 0.2) is 11.6 Å². The number of hydrogen-bond donors (Lipinski definition) is 1. The minimum absolute atomic E-state index is 0.00400. The highest BCUT2D eigenvalue weighted by Gasteiger charge is 2.45. The fourth-order valence-corrected chi connectivity index (χ4v) is 5.58. The van der Waals surface area contributed by atoms with Gasteiger partial charge >= 0.3 is 0 Å². The lowest BCUT2D eigenvalue weighted by atomic mass is 9.81. The van der Waals surface area contributed by atoms with Crippen LogP contribution in [-0.4, -0.2) is 48.9 Å². The molecule has 2 aromatic carbocycles. The number of hydrogen-bond acceptors (Lipinski definition) is 6. The molecule has 0 bridgehead atoms. The lowest BCUT2D eigenvalue weighted by Gasteiger charge is -2.34. The first-order valence-electron chi connectivity index (χ1n) is 12.9.